The first-order valence-electron chi connectivity index (χ1n) is 8.54. The van der Waals surface area contributed by atoms with Gasteiger partial charge in [0.25, 0.3) is 17.2 Å². The number of benzene rings is 1. The molecule has 1 aliphatic carbocycles. The molecule has 132 valence electrons. The maximum atomic E-state index is 12.7. The average Bonchev–Trinajstić information content (AvgIpc) is 2.51. The lowest BCUT2D eigenvalue weighted by Gasteiger charge is -2.42. The molecule has 1 aliphatic heterocycles. The van der Waals surface area contributed by atoms with Crippen molar-refractivity contribution >= 4 is 22.9 Å². The molecule has 2 fully saturated rings. The molecule has 24 heavy (non-hydrogen) atoms. The Morgan fingerprint density at radius 2 is 2.00 bits per heavy atom. The van der Waals surface area contributed by atoms with Crippen LogP contribution in [0.4, 0.5) is 5.69 Å². The van der Waals surface area contributed by atoms with Gasteiger partial charge in [0.05, 0.1) is 0 Å². The molecule has 1 saturated heterocycles. The summed E-state index contributed by atoms with van der Waals surface area (Å²) in [5, 5.41) is 0. The van der Waals surface area contributed by atoms with E-state index in [1.165, 1.54) is 25.8 Å². The summed E-state index contributed by atoms with van der Waals surface area (Å²) in [6, 6.07) is 6.90. The average molecular weight is 351 g/mol. The highest BCUT2D eigenvalue weighted by Crippen LogP contribution is 2.28. The van der Waals surface area contributed by atoms with Crippen molar-refractivity contribution < 1.29 is 13.6 Å². The number of piperazine rings is 1. The van der Waals surface area contributed by atoms with Crippen molar-refractivity contribution in [1.29, 1.82) is 0 Å². The van der Waals surface area contributed by atoms with E-state index in [4.69, 9.17) is 4.55 Å². The molecule has 2 aliphatic rings. The molecule has 1 aromatic rings. The molecular formula is C17H25N3O3S. The van der Waals surface area contributed by atoms with Gasteiger partial charge in [-0.25, -0.2) is 4.21 Å². The summed E-state index contributed by atoms with van der Waals surface area (Å²) in [7, 11) is 0. The fourth-order valence-electron chi connectivity index (χ4n) is 3.49. The summed E-state index contributed by atoms with van der Waals surface area (Å²) in [6.07, 6.45) is 4.08. The van der Waals surface area contributed by atoms with Crippen LogP contribution in [-0.4, -0.2) is 56.7 Å². The molecule has 2 atom stereocenters. The summed E-state index contributed by atoms with van der Waals surface area (Å²) in [4.78, 5) is 17.1. The highest BCUT2D eigenvalue weighted by Gasteiger charge is 2.30. The second-order valence-electron chi connectivity index (χ2n) is 6.83. The van der Waals surface area contributed by atoms with E-state index < -0.39 is 11.3 Å². The minimum Gasteiger partial charge on any atom is -0.333 e. The summed E-state index contributed by atoms with van der Waals surface area (Å²) in [5.41, 5.74) is 1.13. The predicted octanol–water partition coefficient (Wildman–Crippen LogP) is 2.18. The number of nitrogens with zero attached hydrogens (tertiary/aromatic N) is 2. The lowest BCUT2D eigenvalue weighted by Crippen LogP contribution is -2.55. The van der Waals surface area contributed by atoms with Crippen molar-refractivity contribution in [3.05, 3.63) is 29.8 Å². The number of anilines is 1. The number of rotatable bonds is 5. The molecule has 1 amide bonds. The van der Waals surface area contributed by atoms with Crippen molar-refractivity contribution in [2.24, 2.45) is 5.92 Å². The molecule has 0 aromatic heterocycles. The van der Waals surface area contributed by atoms with Crippen LogP contribution in [0.5, 0.6) is 0 Å². The Kier molecular flexibility index (Phi) is 5.53. The van der Waals surface area contributed by atoms with Gasteiger partial charge in [0.1, 0.15) is 0 Å². The minimum atomic E-state index is -2.10. The lowest BCUT2D eigenvalue weighted by atomic mass is 9.85. The van der Waals surface area contributed by atoms with E-state index in [1.54, 1.807) is 24.3 Å². The number of hydrogen-bond acceptors (Lipinski definition) is 3. The summed E-state index contributed by atoms with van der Waals surface area (Å²) >= 11 is -2.10. The van der Waals surface area contributed by atoms with E-state index in [0.717, 1.165) is 25.6 Å². The third kappa shape index (κ3) is 4.15. The summed E-state index contributed by atoms with van der Waals surface area (Å²) < 4.78 is 21.9. The zero-order valence-electron chi connectivity index (χ0n) is 14.0. The van der Waals surface area contributed by atoms with Gasteiger partial charge < -0.3 is 4.90 Å². The number of hydrogen-bond donors (Lipinski definition) is 2. The van der Waals surface area contributed by atoms with E-state index in [-0.39, 0.29) is 11.9 Å². The van der Waals surface area contributed by atoms with E-state index in [9.17, 15) is 9.00 Å². The van der Waals surface area contributed by atoms with Crippen LogP contribution in [0.15, 0.2) is 24.3 Å². The number of amides is 1. The molecule has 0 radical (unpaired) electrons. The quantitative estimate of drug-likeness (QED) is 0.798. The molecule has 2 N–H and O–H groups in total. The van der Waals surface area contributed by atoms with Crippen LogP contribution in [0, 0.1) is 5.92 Å². The molecule has 1 aromatic carbocycles. The van der Waals surface area contributed by atoms with E-state index >= 15 is 0 Å². The minimum absolute atomic E-state index is 0.0301. The van der Waals surface area contributed by atoms with Crippen molar-refractivity contribution in [3.8, 4) is 0 Å². The largest absolute Gasteiger partial charge is 0.333 e. The zero-order chi connectivity index (χ0) is 17.1. The lowest BCUT2D eigenvalue weighted by molar-refractivity contribution is 0.0424. The van der Waals surface area contributed by atoms with Crippen LogP contribution < -0.4 is 4.72 Å². The molecule has 2 unspecified atom stereocenters. The first kappa shape index (κ1) is 17.4. The van der Waals surface area contributed by atoms with E-state index in [1.807, 2.05) is 4.90 Å². The fraction of sp³-hybridized carbons (Fsp3) is 0.588. The predicted molar refractivity (Wildman–Crippen MR) is 95.1 cm³/mol. The number of carbonyl (C=O) groups excluding carboxylic acids is 1. The third-order valence-electron chi connectivity index (χ3n) is 5.05. The highest BCUT2D eigenvalue weighted by molar-refractivity contribution is 7.80. The first-order chi connectivity index (χ1) is 11.5. The van der Waals surface area contributed by atoms with Gasteiger partial charge in [-0.05, 0) is 49.9 Å². The van der Waals surface area contributed by atoms with Gasteiger partial charge in [-0.1, -0.05) is 6.42 Å². The zero-order valence-corrected chi connectivity index (χ0v) is 14.8. The SMILES string of the molecule is CC1CN(CC2CCC2)CCN1C(=O)c1ccc(NS(=O)O)cc1. The van der Waals surface area contributed by atoms with Crippen molar-refractivity contribution in [1.82, 2.24) is 9.80 Å². The van der Waals surface area contributed by atoms with Gasteiger partial charge in [-0.3, -0.25) is 19.0 Å². The van der Waals surface area contributed by atoms with Crippen LogP contribution in [0.3, 0.4) is 0 Å². The Bertz CT molecular complexity index is 604. The first-order valence-corrected chi connectivity index (χ1v) is 9.64. The molecule has 7 heteroatoms. The van der Waals surface area contributed by atoms with Crippen molar-refractivity contribution in [2.75, 3.05) is 30.9 Å². The van der Waals surface area contributed by atoms with Gasteiger partial charge >= 0.3 is 0 Å². The van der Waals surface area contributed by atoms with Gasteiger partial charge in [-0.2, -0.15) is 0 Å². The van der Waals surface area contributed by atoms with Gasteiger partial charge in [0.15, 0.2) is 0 Å². The van der Waals surface area contributed by atoms with Crippen LogP contribution in [-0.2, 0) is 11.3 Å². The normalized spacial score (nSPS) is 23.6. The molecule has 0 spiro atoms. The van der Waals surface area contributed by atoms with Gasteiger partial charge in [0, 0.05) is 43.5 Å². The molecule has 1 heterocycles. The molecule has 3 rings (SSSR count). The molecule has 6 nitrogen and oxygen atoms in total. The Balaban J connectivity index is 1.57. The van der Waals surface area contributed by atoms with Crippen molar-refractivity contribution in [3.63, 3.8) is 0 Å². The number of carbonyl (C=O) groups is 1. The Labute approximate surface area is 145 Å². The Morgan fingerprint density at radius 3 is 2.54 bits per heavy atom. The topological polar surface area (TPSA) is 72.9 Å². The molecular weight excluding hydrogens is 326 g/mol. The molecule has 0 bridgehead atoms. The van der Waals surface area contributed by atoms with E-state index in [0.29, 0.717) is 11.3 Å². The summed E-state index contributed by atoms with van der Waals surface area (Å²) in [5.74, 6) is 0.888. The maximum absolute atomic E-state index is 12.7. The smallest absolute Gasteiger partial charge is 0.259 e. The Hall–Kier alpha value is -1.44. The van der Waals surface area contributed by atoms with Crippen molar-refractivity contribution in [2.45, 2.75) is 32.2 Å². The summed E-state index contributed by atoms with van der Waals surface area (Å²) in [6.45, 7) is 5.91. The maximum Gasteiger partial charge on any atom is 0.259 e. The van der Waals surface area contributed by atoms with Crippen LogP contribution in [0.2, 0.25) is 0 Å². The standard InChI is InChI=1S/C17H25N3O3S/c1-13-11-19(12-14-3-2-4-14)9-10-20(13)17(21)15-5-7-16(8-6-15)18-24(22)23/h5-8,13-14,18H,2-4,9-12H2,1H3,(H,22,23). The molecule has 1 saturated carbocycles. The van der Waals surface area contributed by atoms with E-state index in [2.05, 4.69) is 16.5 Å². The number of nitrogens with one attached hydrogen (secondary N) is 1. The Morgan fingerprint density at radius 1 is 1.29 bits per heavy atom. The fourth-order valence-corrected chi connectivity index (χ4v) is 3.83. The van der Waals surface area contributed by atoms with Gasteiger partial charge in [0.2, 0.25) is 0 Å². The second kappa shape index (κ2) is 7.63. The van der Waals surface area contributed by atoms with Crippen LogP contribution in [0.25, 0.3) is 0 Å². The van der Waals surface area contributed by atoms with Crippen LogP contribution >= 0.6 is 0 Å². The third-order valence-corrected chi connectivity index (χ3v) is 5.46. The van der Waals surface area contributed by atoms with Crippen LogP contribution in [0.1, 0.15) is 36.5 Å². The highest BCUT2D eigenvalue weighted by atomic mass is 32.2. The van der Waals surface area contributed by atoms with Gasteiger partial charge in [-0.15, -0.1) is 0 Å². The second-order valence-corrected chi connectivity index (χ2v) is 7.54. The monoisotopic (exact) mass is 351 g/mol.